The summed E-state index contributed by atoms with van der Waals surface area (Å²) in [6.07, 6.45) is 4.79. The molecular weight excluding hydrogens is 503 g/mol. The van der Waals surface area contributed by atoms with E-state index in [0.29, 0.717) is 51.8 Å². The Hall–Kier alpha value is -2.42. The second-order valence-corrected chi connectivity index (χ2v) is 10.3. The molecule has 2 saturated heterocycles. The highest BCUT2D eigenvalue weighted by Crippen LogP contribution is 2.34. The number of carbonyl (C=O) groups is 2. The molecule has 2 fully saturated rings. The highest BCUT2D eigenvalue weighted by molar-refractivity contribution is 6.36. The number of carbonyl (C=O) groups excluding carboxylic acids is 2. The van der Waals surface area contributed by atoms with Gasteiger partial charge in [-0.25, -0.2) is 9.78 Å². The molecule has 2 aromatic heterocycles. The first-order valence-electron chi connectivity index (χ1n) is 12.4. The van der Waals surface area contributed by atoms with Gasteiger partial charge in [-0.05, 0) is 56.7 Å². The molecule has 0 aromatic carbocycles. The number of ether oxygens (including phenoxy) is 2. The van der Waals surface area contributed by atoms with Crippen LogP contribution < -0.4 is 5.32 Å². The van der Waals surface area contributed by atoms with Crippen molar-refractivity contribution in [2.45, 2.75) is 45.1 Å². The van der Waals surface area contributed by atoms with E-state index >= 15 is 0 Å². The molecule has 0 aliphatic carbocycles. The fourth-order valence-electron chi connectivity index (χ4n) is 4.90. The Morgan fingerprint density at radius 1 is 1.22 bits per heavy atom. The minimum Gasteiger partial charge on any atom is -0.453 e. The summed E-state index contributed by atoms with van der Waals surface area (Å²) in [6, 6.07) is 5.67. The molecule has 36 heavy (non-hydrogen) atoms. The molecule has 194 valence electrons. The Kier molecular flexibility index (Phi) is 9.04. The van der Waals surface area contributed by atoms with Crippen molar-refractivity contribution in [1.29, 1.82) is 0 Å². The monoisotopic (exact) mass is 534 g/mol. The van der Waals surface area contributed by atoms with Crippen LogP contribution in [0.5, 0.6) is 0 Å². The standard InChI is InChI=1S/C26H32Cl2N4O4/c1-16(17-7-10-36-11-8-17)30-24-6-5-21(27)25(31-24)20-12-19(29-14-22(20)28)13-23(33)18-4-3-9-32(15-18)26(34)35-2/h5-6,12,14,16-18H,3-4,7-11,13,15H2,1-2H3,(H,30,31)/t16-,18-/m0/s1. The zero-order chi connectivity index (χ0) is 25.7. The van der Waals surface area contributed by atoms with E-state index in [9.17, 15) is 9.59 Å². The van der Waals surface area contributed by atoms with Gasteiger partial charge in [-0.15, -0.1) is 0 Å². The number of likely N-dealkylation sites (tertiary alicyclic amines) is 1. The number of nitrogens with zero attached hydrogens (tertiary/aromatic N) is 3. The van der Waals surface area contributed by atoms with E-state index in [-0.39, 0.29) is 24.2 Å². The topological polar surface area (TPSA) is 93.7 Å². The Bertz CT molecular complexity index is 1090. The lowest BCUT2D eigenvalue weighted by Gasteiger charge is -2.30. The molecule has 2 aliphatic heterocycles. The quantitative estimate of drug-likeness (QED) is 0.517. The number of methoxy groups -OCH3 is 1. The number of Topliss-reactive ketones (excluding diaryl/α,β-unsaturated/α-hetero) is 1. The van der Waals surface area contributed by atoms with Crippen LogP contribution in [0.4, 0.5) is 10.6 Å². The van der Waals surface area contributed by atoms with Crippen molar-refractivity contribution < 1.29 is 19.1 Å². The zero-order valence-electron chi connectivity index (χ0n) is 20.6. The van der Waals surface area contributed by atoms with E-state index in [1.807, 2.05) is 6.07 Å². The zero-order valence-corrected chi connectivity index (χ0v) is 22.1. The molecule has 2 aromatic rings. The molecule has 2 atom stereocenters. The van der Waals surface area contributed by atoms with Crippen LogP contribution in [0, 0.1) is 11.8 Å². The van der Waals surface area contributed by atoms with Gasteiger partial charge in [-0.1, -0.05) is 23.2 Å². The molecule has 0 unspecified atom stereocenters. The lowest BCUT2D eigenvalue weighted by molar-refractivity contribution is -0.123. The first-order chi connectivity index (χ1) is 17.4. The van der Waals surface area contributed by atoms with Crippen LogP contribution >= 0.6 is 23.2 Å². The minimum atomic E-state index is -0.403. The molecule has 10 heteroatoms. The van der Waals surface area contributed by atoms with Gasteiger partial charge in [0.2, 0.25) is 0 Å². The smallest absolute Gasteiger partial charge is 0.409 e. The molecule has 2 aliphatic rings. The molecule has 1 amide bonds. The molecule has 4 rings (SSSR count). The maximum atomic E-state index is 13.0. The highest BCUT2D eigenvalue weighted by Gasteiger charge is 2.29. The summed E-state index contributed by atoms with van der Waals surface area (Å²) in [5, 5.41) is 4.37. The lowest BCUT2D eigenvalue weighted by Crippen LogP contribution is -2.42. The van der Waals surface area contributed by atoms with Gasteiger partial charge < -0.3 is 19.7 Å². The maximum Gasteiger partial charge on any atom is 0.409 e. The number of amides is 1. The summed E-state index contributed by atoms with van der Waals surface area (Å²) < 4.78 is 10.3. The van der Waals surface area contributed by atoms with Gasteiger partial charge in [0.05, 0.1) is 22.8 Å². The third kappa shape index (κ3) is 6.47. The first-order valence-corrected chi connectivity index (χ1v) is 13.1. The van der Waals surface area contributed by atoms with Gasteiger partial charge >= 0.3 is 6.09 Å². The van der Waals surface area contributed by atoms with Gasteiger partial charge in [0.1, 0.15) is 11.6 Å². The van der Waals surface area contributed by atoms with Crippen LogP contribution in [0.25, 0.3) is 11.3 Å². The summed E-state index contributed by atoms with van der Waals surface area (Å²) in [5.74, 6) is 1.00. The van der Waals surface area contributed by atoms with Gasteiger partial charge in [0, 0.05) is 62.1 Å². The van der Waals surface area contributed by atoms with Gasteiger partial charge in [0.25, 0.3) is 0 Å². The Morgan fingerprint density at radius 3 is 2.75 bits per heavy atom. The minimum absolute atomic E-state index is 0.0316. The van der Waals surface area contributed by atoms with Gasteiger partial charge in [-0.2, -0.15) is 0 Å². The SMILES string of the molecule is COC(=O)N1CCC[C@H](C(=O)Cc2cc(-c3nc(N[C@@H](C)C4CCOCC4)ccc3Cl)c(Cl)cn2)C1. The van der Waals surface area contributed by atoms with Crippen LogP contribution in [0.2, 0.25) is 10.0 Å². The van der Waals surface area contributed by atoms with Crippen molar-refractivity contribution in [2.75, 3.05) is 38.7 Å². The normalized spacial score (nSPS) is 19.6. The number of hydrogen-bond acceptors (Lipinski definition) is 7. The van der Waals surface area contributed by atoms with E-state index in [2.05, 4.69) is 17.2 Å². The van der Waals surface area contributed by atoms with Crippen molar-refractivity contribution >= 4 is 40.9 Å². The number of aromatic nitrogens is 2. The molecule has 0 saturated carbocycles. The summed E-state index contributed by atoms with van der Waals surface area (Å²) in [6.45, 7) is 4.68. The molecule has 0 bridgehead atoms. The Balaban J connectivity index is 1.49. The van der Waals surface area contributed by atoms with E-state index < -0.39 is 6.09 Å². The molecule has 8 nitrogen and oxygen atoms in total. The van der Waals surface area contributed by atoms with Crippen LogP contribution in [-0.2, 0) is 20.7 Å². The third-order valence-corrected chi connectivity index (χ3v) is 7.63. The Labute approximate surface area is 221 Å². The summed E-state index contributed by atoms with van der Waals surface area (Å²) in [7, 11) is 1.35. The van der Waals surface area contributed by atoms with Gasteiger partial charge in [-0.3, -0.25) is 9.78 Å². The number of pyridine rings is 2. The second kappa shape index (κ2) is 12.2. The predicted octanol–water partition coefficient (Wildman–Crippen LogP) is 5.27. The van der Waals surface area contributed by atoms with Crippen LogP contribution in [0.15, 0.2) is 24.4 Å². The molecular formula is C26H32Cl2N4O4. The Morgan fingerprint density at radius 2 is 2.00 bits per heavy atom. The molecule has 4 heterocycles. The van der Waals surface area contributed by atoms with Crippen LogP contribution in [-0.4, -0.2) is 66.2 Å². The van der Waals surface area contributed by atoms with E-state index in [1.54, 1.807) is 17.0 Å². The second-order valence-electron chi connectivity index (χ2n) is 9.46. The average molecular weight is 535 g/mol. The van der Waals surface area contributed by atoms with Crippen LogP contribution in [0.3, 0.4) is 0 Å². The molecule has 0 spiro atoms. The average Bonchev–Trinajstić information content (AvgIpc) is 2.91. The number of piperidine rings is 1. The van der Waals surface area contributed by atoms with Crippen molar-refractivity contribution in [3.05, 3.63) is 40.1 Å². The maximum absolute atomic E-state index is 13.0. The van der Waals surface area contributed by atoms with E-state index in [4.69, 9.17) is 37.7 Å². The fourth-order valence-corrected chi connectivity index (χ4v) is 5.30. The number of hydrogen-bond donors (Lipinski definition) is 1. The number of anilines is 1. The predicted molar refractivity (Wildman–Crippen MR) is 140 cm³/mol. The largest absolute Gasteiger partial charge is 0.453 e. The van der Waals surface area contributed by atoms with E-state index in [1.165, 1.54) is 13.3 Å². The molecule has 0 radical (unpaired) electrons. The van der Waals surface area contributed by atoms with E-state index in [0.717, 1.165) is 38.9 Å². The van der Waals surface area contributed by atoms with Crippen molar-refractivity contribution in [3.63, 3.8) is 0 Å². The summed E-state index contributed by atoms with van der Waals surface area (Å²) >= 11 is 13.0. The lowest BCUT2D eigenvalue weighted by atomic mass is 9.91. The fraction of sp³-hybridized carbons (Fsp3) is 0.538. The number of halogens is 2. The third-order valence-electron chi connectivity index (χ3n) is 7.03. The summed E-state index contributed by atoms with van der Waals surface area (Å²) in [5.41, 5.74) is 1.75. The summed E-state index contributed by atoms with van der Waals surface area (Å²) in [4.78, 5) is 35.6. The van der Waals surface area contributed by atoms with Crippen LogP contribution in [0.1, 0.15) is 38.3 Å². The highest BCUT2D eigenvalue weighted by atomic mass is 35.5. The van der Waals surface area contributed by atoms with Crippen molar-refractivity contribution in [1.82, 2.24) is 14.9 Å². The number of nitrogens with one attached hydrogen (secondary N) is 1. The van der Waals surface area contributed by atoms with Crippen molar-refractivity contribution in [3.8, 4) is 11.3 Å². The number of rotatable bonds is 7. The molecule has 1 N–H and O–H groups in total. The first kappa shape index (κ1) is 26.6. The van der Waals surface area contributed by atoms with Gasteiger partial charge in [0.15, 0.2) is 0 Å². The van der Waals surface area contributed by atoms with Crippen molar-refractivity contribution in [2.24, 2.45) is 11.8 Å². The number of ketones is 1.